The molecular formula is C37H52O. The molecule has 0 heterocycles. The molecule has 4 aromatic rings. The largest absolute Gasteiger partial charge is 0.377 e. The molecule has 206 valence electrons. The SMILES string of the molecule is CCCCCCCCCCCCCCCCCCCCOCc1ccc2ccc3cccc4ccc1c2c34. The lowest BCUT2D eigenvalue weighted by molar-refractivity contribution is 0.117. The minimum Gasteiger partial charge on any atom is -0.377 e. The number of ether oxygens (including phenoxy) is 1. The predicted octanol–water partition coefficient (Wildman–Crippen LogP) is 12.1. The zero-order valence-electron chi connectivity index (χ0n) is 24.2. The number of benzene rings is 4. The van der Waals surface area contributed by atoms with Gasteiger partial charge in [0.1, 0.15) is 0 Å². The van der Waals surface area contributed by atoms with E-state index in [0.717, 1.165) is 6.61 Å². The lowest BCUT2D eigenvalue weighted by atomic mass is 9.92. The standard InChI is InChI=1S/C37H52O/c1-2-3-4-5-6-7-8-9-10-11-12-13-14-15-16-17-18-19-29-38-30-34-26-25-33-24-23-31-21-20-22-32-27-28-35(34)37(33)36(31)32/h20-28H,2-19,29-30H2,1H3. The molecule has 0 radical (unpaired) electrons. The van der Waals surface area contributed by atoms with Gasteiger partial charge in [0, 0.05) is 6.61 Å². The lowest BCUT2D eigenvalue weighted by Crippen LogP contribution is -1.97. The Balaban J connectivity index is 0.997. The van der Waals surface area contributed by atoms with Crippen molar-refractivity contribution < 1.29 is 4.74 Å². The van der Waals surface area contributed by atoms with Gasteiger partial charge in [-0.1, -0.05) is 171 Å². The summed E-state index contributed by atoms with van der Waals surface area (Å²) >= 11 is 0. The third-order valence-electron chi connectivity index (χ3n) is 8.52. The molecule has 1 heteroatoms. The first-order valence-corrected chi connectivity index (χ1v) is 16.1. The second-order valence-electron chi connectivity index (χ2n) is 11.6. The van der Waals surface area contributed by atoms with Crippen LogP contribution in [0.1, 0.15) is 128 Å². The van der Waals surface area contributed by atoms with E-state index >= 15 is 0 Å². The summed E-state index contributed by atoms with van der Waals surface area (Å²) in [6.45, 7) is 3.89. The maximum absolute atomic E-state index is 6.14. The van der Waals surface area contributed by atoms with Crippen molar-refractivity contribution in [2.24, 2.45) is 0 Å². The summed E-state index contributed by atoms with van der Waals surface area (Å²) < 4.78 is 6.14. The normalized spacial score (nSPS) is 11.9. The highest BCUT2D eigenvalue weighted by Gasteiger charge is 2.10. The van der Waals surface area contributed by atoms with Gasteiger partial charge in [-0.3, -0.25) is 0 Å². The molecule has 38 heavy (non-hydrogen) atoms. The van der Waals surface area contributed by atoms with Crippen LogP contribution in [-0.4, -0.2) is 6.61 Å². The molecule has 0 atom stereocenters. The molecule has 0 aliphatic rings. The number of unbranched alkanes of at least 4 members (excludes halogenated alkanes) is 17. The first kappa shape index (κ1) is 28.9. The smallest absolute Gasteiger partial charge is 0.0722 e. The molecule has 0 unspecified atom stereocenters. The van der Waals surface area contributed by atoms with Gasteiger partial charge in [0.05, 0.1) is 6.61 Å². The van der Waals surface area contributed by atoms with Gasteiger partial charge in [0.25, 0.3) is 0 Å². The zero-order valence-corrected chi connectivity index (χ0v) is 24.2. The predicted molar refractivity (Wildman–Crippen MR) is 169 cm³/mol. The number of hydrogen-bond acceptors (Lipinski definition) is 1. The zero-order chi connectivity index (χ0) is 26.3. The highest BCUT2D eigenvalue weighted by molar-refractivity contribution is 6.23. The minimum atomic E-state index is 0.715. The number of rotatable bonds is 21. The summed E-state index contributed by atoms with van der Waals surface area (Å²) in [7, 11) is 0. The molecule has 0 amide bonds. The van der Waals surface area contributed by atoms with Crippen molar-refractivity contribution >= 4 is 32.3 Å². The molecule has 0 aromatic heterocycles. The van der Waals surface area contributed by atoms with Crippen LogP contribution in [0.4, 0.5) is 0 Å². The summed E-state index contributed by atoms with van der Waals surface area (Å²) in [5, 5.41) is 8.14. The van der Waals surface area contributed by atoms with Crippen molar-refractivity contribution in [1.82, 2.24) is 0 Å². The van der Waals surface area contributed by atoms with Crippen molar-refractivity contribution in [2.75, 3.05) is 6.61 Å². The molecule has 0 bridgehead atoms. The molecule has 1 nitrogen and oxygen atoms in total. The second kappa shape index (κ2) is 16.8. The van der Waals surface area contributed by atoms with Crippen LogP contribution in [-0.2, 0) is 11.3 Å². The Hall–Kier alpha value is -2.12. The van der Waals surface area contributed by atoms with Crippen molar-refractivity contribution in [3.8, 4) is 0 Å². The Morgan fingerprint density at radius 2 is 0.895 bits per heavy atom. The van der Waals surface area contributed by atoms with Crippen LogP contribution >= 0.6 is 0 Å². The number of hydrogen-bond donors (Lipinski definition) is 0. The molecule has 0 fully saturated rings. The topological polar surface area (TPSA) is 9.23 Å². The van der Waals surface area contributed by atoms with Gasteiger partial charge in [-0.2, -0.15) is 0 Å². The van der Waals surface area contributed by atoms with Gasteiger partial charge in [-0.25, -0.2) is 0 Å². The fourth-order valence-electron chi connectivity index (χ4n) is 6.21. The summed E-state index contributed by atoms with van der Waals surface area (Å²) in [6, 6.07) is 20.2. The van der Waals surface area contributed by atoms with Crippen molar-refractivity contribution in [3.63, 3.8) is 0 Å². The first-order chi connectivity index (χ1) is 18.9. The molecule has 0 saturated carbocycles. The monoisotopic (exact) mass is 512 g/mol. The van der Waals surface area contributed by atoms with E-state index < -0.39 is 0 Å². The van der Waals surface area contributed by atoms with Gasteiger partial charge in [0.15, 0.2) is 0 Å². The molecule has 0 N–H and O–H groups in total. The second-order valence-corrected chi connectivity index (χ2v) is 11.6. The lowest BCUT2D eigenvalue weighted by Gasteiger charge is -2.14. The van der Waals surface area contributed by atoms with Crippen LogP contribution in [0.15, 0.2) is 54.6 Å². The van der Waals surface area contributed by atoms with E-state index in [1.54, 1.807) is 0 Å². The van der Waals surface area contributed by atoms with E-state index in [1.165, 1.54) is 153 Å². The van der Waals surface area contributed by atoms with E-state index in [1.807, 2.05) is 0 Å². The van der Waals surface area contributed by atoms with Crippen LogP contribution < -0.4 is 0 Å². The quantitative estimate of drug-likeness (QED) is 0.0796. The van der Waals surface area contributed by atoms with E-state index in [4.69, 9.17) is 4.74 Å². The molecule has 0 aliphatic heterocycles. The average molecular weight is 513 g/mol. The van der Waals surface area contributed by atoms with Crippen LogP contribution in [0.5, 0.6) is 0 Å². The van der Waals surface area contributed by atoms with Gasteiger partial charge in [-0.05, 0) is 44.3 Å². The summed E-state index contributed by atoms with van der Waals surface area (Å²) in [5.74, 6) is 0. The van der Waals surface area contributed by atoms with Crippen molar-refractivity contribution in [3.05, 3.63) is 60.2 Å². The van der Waals surface area contributed by atoms with Crippen molar-refractivity contribution in [1.29, 1.82) is 0 Å². The van der Waals surface area contributed by atoms with Crippen LogP contribution in [0.25, 0.3) is 32.3 Å². The molecule has 4 rings (SSSR count). The van der Waals surface area contributed by atoms with Crippen LogP contribution in [0.2, 0.25) is 0 Å². The fourth-order valence-corrected chi connectivity index (χ4v) is 6.21. The Bertz CT molecular complexity index is 1160. The van der Waals surface area contributed by atoms with E-state index in [0.29, 0.717) is 6.61 Å². The highest BCUT2D eigenvalue weighted by atomic mass is 16.5. The molecular weight excluding hydrogens is 460 g/mol. The molecule has 0 saturated heterocycles. The van der Waals surface area contributed by atoms with E-state index in [2.05, 4.69) is 61.5 Å². The van der Waals surface area contributed by atoms with Gasteiger partial charge in [-0.15, -0.1) is 0 Å². The third-order valence-corrected chi connectivity index (χ3v) is 8.52. The van der Waals surface area contributed by atoms with E-state index in [-0.39, 0.29) is 0 Å². The summed E-state index contributed by atoms with van der Waals surface area (Å²) in [4.78, 5) is 0. The average Bonchev–Trinajstić information content (AvgIpc) is 2.95. The Kier molecular flexibility index (Phi) is 12.7. The van der Waals surface area contributed by atoms with E-state index in [9.17, 15) is 0 Å². The maximum Gasteiger partial charge on any atom is 0.0722 e. The highest BCUT2D eigenvalue weighted by Crippen LogP contribution is 2.36. The third kappa shape index (κ3) is 8.70. The first-order valence-electron chi connectivity index (χ1n) is 16.1. The molecule has 0 spiro atoms. The Morgan fingerprint density at radius 1 is 0.447 bits per heavy atom. The van der Waals surface area contributed by atoms with Gasteiger partial charge < -0.3 is 4.74 Å². The van der Waals surface area contributed by atoms with Gasteiger partial charge in [0.2, 0.25) is 0 Å². The fraction of sp³-hybridized carbons (Fsp3) is 0.568. The van der Waals surface area contributed by atoms with Crippen molar-refractivity contribution in [2.45, 2.75) is 129 Å². The Labute approximate surface area is 232 Å². The maximum atomic E-state index is 6.14. The minimum absolute atomic E-state index is 0.715. The van der Waals surface area contributed by atoms with Gasteiger partial charge >= 0.3 is 0 Å². The summed E-state index contributed by atoms with van der Waals surface area (Å²) in [5.41, 5.74) is 1.32. The summed E-state index contributed by atoms with van der Waals surface area (Å²) in [6.07, 6.45) is 25.5. The van der Waals surface area contributed by atoms with Crippen LogP contribution in [0, 0.1) is 0 Å². The van der Waals surface area contributed by atoms with Crippen LogP contribution in [0.3, 0.4) is 0 Å². The molecule has 0 aliphatic carbocycles. The Morgan fingerprint density at radius 3 is 1.45 bits per heavy atom. The molecule has 4 aromatic carbocycles.